The minimum atomic E-state index is -0.222. The summed E-state index contributed by atoms with van der Waals surface area (Å²) >= 11 is 0. The van der Waals surface area contributed by atoms with Crippen molar-refractivity contribution in [2.24, 2.45) is 0 Å². The fourth-order valence-electron chi connectivity index (χ4n) is 0.876. The van der Waals surface area contributed by atoms with Gasteiger partial charge in [-0.3, -0.25) is 0 Å². The highest BCUT2D eigenvalue weighted by Crippen LogP contribution is 2.12. The van der Waals surface area contributed by atoms with Crippen molar-refractivity contribution >= 4 is 0 Å². The van der Waals surface area contributed by atoms with Crippen molar-refractivity contribution in [1.29, 1.82) is 0 Å². The molecule has 60 valence electrons. The predicted octanol–water partition coefficient (Wildman–Crippen LogP) is 2.72. The van der Waals surface area contributed by atoms with Gasteiger partial charge in [0.2, 0.25) is 0 Å². The number of ether oxygens (including phenoxy) is 1. The van der Waals surface area contributed by atoms with Gasteiger partial charge in [0.25, 0.3) is 0 Å². The molecular weight excluding hydrogens is 143 g/mol. The number of rotatable bonds is 2. The molecule has 0 aromatic carbocycles. The van der Waals surface area contributed by atoms with E-state index in [1.165, 1.54) is 12.2 Å². The van der Waals surface area contributed by atoms with E-state index in [1.54, 1.807) is 12.2 Å². The van der Waals surface area contributed by atoms with E-state index in [-0.39, 0.29) is 5.83 Å². The van der Waals surface area contributed by atoms with Crippen LogP contribution in [-0.4, -0.2) is 6.61 Å². The van der Waals surface area contributed by atoms with E-state index in [0.29, 0.717) is 13.0 Å². The molecule has 0 aromatic heterocycles. The third-order valence-electron chi connectivity index (χ3n) is 1.35. The van der Waals surface area contributed by atoms with Gasteiger partial charge in [0.1, 0.15) is 5.83 Å². The van der Waals surface area contributed by atoms with Crippen LogP contribution in [-0.2, 0) is 4.74 Å². The highest BCUT2D eigenvalue weighted by atomic mass is 19.1. The highest BCUT2D eigenvalue weighted by Gasteiger charge is 1.97. The minimum Gasteiger partial charge on any atom is -0.498 e. The van der Waals surface area contributed by atoms with Crippen molar-refractivity contribution in [2.45, 2.75) is 13.3 Å². The quantitative estimate of drug-likeness (QED) is 0.594. The Bertz CT molecular complexity index is 214. The molecule has 0 N–H and O–H groups in total. The first-order chi connectivity index (χ1) is 5.33. The molecule has 0 aromatic rings. The van der Waals surface area contributed by atoms with Gasteiger partial charge in [0, 0.05) is 6.42 Å². The van der Waals surface area contributed by atoms with Gasteiger partial charge < -0.3 is 4.74 Å². The maximum absolute atomic E-state index is 12.5. The molecule has 0 heterocycles. The molecule has 0 bridgehead atoms. The molecule has 0 amide bonds. The molecule has 2 heteroatoms. The summed E-state index contributed by atoms with van der Waals surface area (Å²) in [4.78, 5) is 0. The third kappa shape index (κ3) is 2.58. The van der Waals surface area contributed by atoms with Crippen molar-refractivity contribution < 1.29 is 9.13 Å². The van der Waals surface area contributed by atoms with Crippen molar-refractivity contribution in [2.75, 3.05) is 6.61 Å². The Kier molecular flexibility index (Phi) is 2.90. The zero-order valence-electron chi connectivity index (χ0n) is 6.51. The van der Waals surface area contributed by atoms with E-state index in [9.17, 15) is 4.39 Å². The number of halogens is 1. The summed E-state index contributed by atoms with van der Waals surface area (Å²) in [5.41, 5.74) is 0. The molecule has 1 aliphatic carbocycles. The second kappa shape index (κ2) is 3.96. The summed E-state index contributed by atoms with van der Waals surface area (Å²) in [5.74, 6) is 0.594. The Labute approximate surface area is 65.9 Å². The number of hydrogen-bond donors (Lipinski definition) is 0. The number of allylic oxidation sites excluding steroid dienone is 5. The lowest BCUT2D eigenvalue weighted by Crippen LogP contribution is -1.88. The van der Waals surface area contributed by atoms with Crippen LogP contribution in [0, 0.1) is 0 Å². The van der Waals surface area contributed by atoms with Gasteiger partial charge in [0.05, 0.1) is 12.4 Å². The maximum atomic E-state index is 12.5. The van der Waals surface area contributed by atoms with E-state index in [0.717, 1.165) is 5.76 Å². The summed E-state index contributed by atoms with van der Waals surface area (Å²) in [5, 5.41) is 0. The fraction of sp³-hybridized carbons (Fsp3) is 0.333. The molecule has 0 spiro atoms. The first-order valence-corrected chi connectivity index (χ1v) is 3.68. The van der Waals surface area contributed by atoms with Gasteiger partial charge in [-0.25, -0.2) is 4.39 Å². The average molecular weight is 154 g/mol. The summed E-state index contributed by atoms with van der Waals surface area (Å²) in [6.45, 7) is 2.55. The zero-order chi connectivity index (χ0) is 8.10. The lowest BCUT2D eigenvalue weighted by Gasteiger charge is -2.02. The van der Waals surface area contributed by atoms with Crippen LogP contribution in [0.5, 0.6) is 0 Å². The molecule has 0 atom stereocenters. The summed E-state index contributed by atoms with van der Waals surface area (Å²) in [6.07, 6.45) is 6.95. The van der Waals surface area contributed by atoms with Gasteiger partial charge in [-0.2, -0.15) is 0 Å². The van der Waals surface area contributed by atoms with Crippen molar-refractivity contribution in [1.82, 2.24) is 0 Å². The van der Waals surface area contributed by atoms with Gasteiger partial charge in [0.15, 0.2) is 0 Å². The second-order valence-corrected chi connectivity index (χ2v) is 2.22. The van der Waals surface area contributed by atoms with E-state index >= 15 is 0 Å². The Balaban J connectivity index is 2.62. The minimum absolute atomic E-state index is 0.222. The van der Waals surface area contributed by atoms with Crippen LogP contribution in [0.1, 0.15) is 13.3 Å². The molecule has 11 heavy (non-hydrogen) atoms. The van der Waals surface area contributed by atoms with Crippen LogP contribution in [0.25, 0.3) is 0 Å². The SMILES string of the molecule is CCOC1=CC=C(F)C=CC1. The summed E-state index contributed by atoms with van der Waals surface area (Å²) < 4.78 is 17.7. The summed E-state index contributed by atoms with van der Waals surface area (Å²) in [6, 6.07) is 0. The molecule has 0 saturated heterocycles. The topological polar surface area (TPSA) is 9.23 Å². The smallest absolute Gasteiger partial charge is 0.123 e. The average Bonchev–Trinajstić information content (AvgIpc) is 2.17. The predicted molar refractivity (Wildman–Crippen MR) is 42.7 cm³/mol. The van der Waals surface area contributed by atoms with Crippen molar-refractivity contribution in [3.8, 4) is 0 Å². The van der Waals surface area contributed by atoms with Crippen LogP contribution in [0.3, 0.4) is 0 Å². The van der Waals surface area contributed by atoms with Gasteiger partial charge in [-0.1, -0.05) is 6.08 Å². The molecule has 0 radical (unpaired) electrons. The Hall–Kier alpha value is -1.05. The van der Waals surface area contributed by atoms with Crippen LogP contribution in [0.2, 0.25) is 0 Å². The van der Waals surface area contributed by atoms with Crippen molar-refractivity contribution in [3.05, 3.63) is 35.9 Å². The number of hydrogen-bond acceptors (Lipinski definition) is 1. The van der Waals surface area contributed by atoms with E-state index in [4.69, 9.17) is 4.74 Å². The lowest BCUT2D eigenvalue weighted by atomic mass is 10.3. The van der Waals surface area contributed by atoms with Crippen molar-refractivity contribution in [3.63, 3.8) is 0 Å². The third-order valence-corrected chi connectivity index (χ3v) is 1.35. The Morgan fingerprint density at radius 1 is 1.55 bits per heavy atom. The monoisotopic (exact) mass is 154 g/mol. The highest BCUT2D eigenvalue weighted by molar-refractivity contribution is 5.24. The normalized spacial score (nSPS) is 16.9. The van der Waals surface area contributed by atoms with Crippen LogP contribution < -0.4 is 0 Å². The van der Waals surface area contributed by atoms with E-state index in [2.05, 4.69) is 0 Å². The first kappa shape index (κ1) is 8.05. The second-order valence-electron chi connectivity index (χ2n) is 2.22. The van der Waals surface area contributed by atoms with Crippen LogP contribution >= 0.6 is 0 Å². The molecule has 0 unspecified atom stereocenters. The Morgan fingerprint density at radius 3 is 3.09 bits per heavy atom. The Morgan fingerprint density at radius 2 is 2.36 bits per heavy atom. The van der Waals surface area contributed by atoms with Gasteiger partial charge in [-0.05, 0) is 25.2 Å². The molecular formula is C9H11FO. The molecule has 0 fully saturated rings. The van der Waals surface area contributed by atoms with Gasteiger partial charge in [-0.15, -0.1) is 0 Å². The van der Waals surface area contributed by atoms with Gasteiger partial charge >= 0.3 is 0 Å². The fourth-order valence-corrected chi connectivity index (χ4v) is 0.876. The first-order valence-electron chi connectivity index (χ1n) is 3.68. The zero-order valence-corrected chi connectivity index (χ0v) is 6.51. The summed E-state index contributed by atoms with van der Waals surface area (Å²) in [7, 11) is 0. The van der Waals surface area contributed by atoms with Crippen LogP contribution in [0.4, 0.5) is 4.39 Å². The van der Waals surface area contributed by atoms with Crippen LogP contribution in [0.15, 0.2) is 35.9 Å². The van der Waals surface area contributed by atoms with E-state index < -0.39 is 0 Å². The molecule has 1 rings (SSSR count). The molecule has 1 aliphatic rings. The maximum Gasteiger partial charge on any atom is 0.123 e. The lowest BCUT2D eigenvalue weighted by molar-refractivity contribution is 0.224. The van der Waals surface area contributed by atoms with E-state index in [1.807, 2.05) is 6.92 Å². The molecule has 0 saturated carbocycles. The molecule has 0 aliphatic heterocycles. The standard InChI is InChI=1S/C9H11FO/c1-2-11-9-5-3-4-8(10)6-7-9/h3-4,6-7H,2,5H2,1H3. The largest absolute Gasteiger partial charge is 0.498 e. The molecule has 1 nitrogen and oxygen atoms in total.